The lowest BCUT2D eigenvalue weighted by Crippen LogP contribution is -2.49. The molecule has 5 nitrogen and oxygen atoms in total. The smallest absolute Gasteiger partial charge is 0.270 e. The van der Waals surface area contributed by atoms with Crippen molar-refractivity contribution in [2.24, 2.45) is 7.05 Å². The lowest BCUT2D eigenvalue weighted by molar-refractivity contribution is 0.0737. The zero-order valence-electron chi connectivity index (χ0n) is 14.4. The van der Waals surface area contributed by atoms with Crippen LogP contribution in [0.2, 0.25) is 0 Å². The Hall–Kier alpha value is -2.47. The Labute approximate surface area is 151 Å². The Balaban J connectivity index is 1.46. The van der Waals surface area contributed by atoms with Gasteiger partial charge in [0.2, 0.25) is 0 Å². The number of methoxy groups -OCH3 is 1. The van der Waals surface area contributed by atoms with E-state index in [0.717, 1.165) is 48.8 Å². The molecule has 6 heteroatoms. The number of aromatic nitrogens is 1. The number of aryl methyl sites for hydroxylation is 1. The molecule has 4 rings (SSSR count). The van der Waals surface area contributed by atoms with Crippen LogP contribution < -0.4 is 9.64 Å². The molecule has 25 heavy (non-hydrogen) atoms. The van der Waals surface area contributed by atoms with Crippen molar-refractivity contribution in [3.63, 3.8) is 0 Å². The molecule has 2 aromatic heterocycles. The van der Waals surface area contributed by atoms with E-state index in [1.165, 1.54) is 4.70 Å². The number of nitrogens with zero attached hydrogens (tertiary/aromatic N) is 3. The summed E-state index contributed by atoms with van der Waals surface area (Å²) in [5.74, 6) is 0.982. The number of amides is 1. The van der Waals surface area contributed by atoms with Crippen molar-refractivity contribution >= 4 is 33.1 Å². The lowest BCUT2D eigenvalue weighted by atomic mass is 10.2. The molecule has 1 aliphatic heterocycles. The minimum atomic E-state index is 0.121. The number of thiophene rings is 1. The summed E-state index contributed by atoms with van der Waals surface area (Å²) in [6, 6.07) is 12.2. The molecule has 1 aliphatic rings. The summed E-state index contributed by atoms with van der Waals surface area (Å²) < 4.78 is 8.47. The van der Waals surface area contributed by atoms with Gasteiger partial charge in [-0.2, -0.15) is 0 Å². The first kappa shape index (κ1) is 16.0. The predicted octanol–water partition coefficient (Wildman–Crippen LogP) is 3.21. The van der Waals surface area contributed by atoms with Crippen molar-refractivity contribution in [1.29, 1.82) is 0 Å². The van der Waals surface area contributed by atoms with Gasteiger partial charge in [-0.25, -0.2) is 0 Å². The fourth-order valence-corrected chi connectivity index (χ4v) is 4.24. The highest BCUT2D eigenvalue weighted by Gasteiger charge is 2.25. The Morgan fingerprint density at radius 3 is 2.64 bits per heavy atom. The summed E-state index contributed by atoms with van der Waals surface area (Å²) in [6.07, 6.45) is 0. The first-order chi connectivity index (χ1) is 12.2. The van der Waals surface area contributed by atoms with Gasteiger partial charge < -0.3 is 19.1 Å². The molecule has 0 spiro atoms. The molecule has 0 unspecified atom stereocenters. The number of carbonyl (C=O) groups is 1. The van der Waals surface area contributed by atoms with Gasteiger partial charge in [-0.3, -0.25) is 4.79 Å². The number of fused-ring (bicyclic) bond motifs is 1. The number of hydrogen-bond acceptors (Lipinski definition) is 4. The quantitative estimate of drug-likeness (QED) is 0.724. The number of carbonyl (C=O) groups excluding carboxylic acids is 1. The Morgan fingerprint density at radius 1 is 1.12 bits per heavy atom. The second kappa shape index (κ2) is 6.44. The molecule has 0 bridgehead atoms. The van der Waals surface area contributed by atoms with E-state index in [1.54, 1.807) is 18.4 Å². The Bertz CT molecular complexity index is 906. The predicted molar refractivity (Wildman–Crippen MR) is 102 cm³/mol. The minimum absolute atomic E-state index is 0.121. The van der Waals surface area contributed by atoms with Crippen molar-refractivity contribution < 1.29 is 9.53 Å². The second-order valence-corrected chi connectivity index (χ2v) is 7.19. The van der Waals surface area contributed by atoms with Gasteiger partial charge in [0.1, 0.15) is 11.4 Å². The third kappa shape index (κ3) is 2.87. The van der Waals surface area contributed by atoms with E-state index in [2.05, 4.69) is 22.4 Å². The maximum Gasteiger partial charge on any atom is 0.270 e. The highest BCUT2D eigenvalue weighted by atomic mass is 32.1. The van der Waals surface area contributed by atoms with Crippen LogP contribution in [0.5, 0.6) is 5.75 Å². The van der Waals surface area contributed by atoms with Crippen molar-refractivity contribution in [2.45, 2.75) is 0 Å². The molecule has 1 fully saturated rings. The first-order valence-electron chi connectivity index (χ1n) is 8.38. The molecular formula is C19H21N3O2S. The lowest BCUT2D eigenvalue weighted by Gasteiger charge is -2.36. The third-order valence-corrected chi connectivity index (χ3v) is 5.72. The molecule has 0 radical (unpaired) electrons. The zero-order valence-corrected chi connectivity index (χ0v) is 15.3. The summed E-state index contributed by atoms with van der Waals surface area (Å²) in [5.41, 5.74) is 3.05. The van der Waals surface area contributed by atoms with Crippen LogP contribution in [-0.2, 0) is 7.05 Å². The average Bonchev–Trinajstić information content (AvgIpc) is 3.24. The van der Waals surface area contributed by atoms with Gasteiger partial charge in [-0.15, -0.1) is 11.3 Å². The van der Waals surface area contributed by atoms with Crippen molar-refractivity contribution in [3.05, 3.63) is 47.5 Å². The van der Waals surface area contributed by atoms with E-state index < -0.39 is 0 Å². The Kier molecular flexibility index (Phi) is 4.13. The molecule has 1 saturated heterocycles. The molecule has 0 N–H and O–H groups in total. The molecule has 1 aromatic carbocycles. The molecule has 3 aromatic rings. The zero-order chi connectivity index (χ0) is 17.4. The maximum atomic E-state index is 12.9. The van der Waals surface area contributed by atoms with E-state index in [4.69, 9.17) is 4.74 Å². The first-order valence-corrected chi connectivity index (χ1v) is 9.26. The van der Waals surface area contributed by atoms with Crippen LogP contribution in [0.15, 0.2) is 41.8 Å². The second-order valence-electron chi connectivity index (χ2n) is 6.24. The summed E-state index contributed by atoms with van der Waals surface area (Å²) in [5, 5.41) is 2.06. The largest absolute Gasteiger partial charge is 0.497 e. The molecule has 0 atom stereocenters. The van der Waals surface area contributed by atoms with Crippen molar-refractivity contribution in [1.82, 2.24) is 9.47 Å². The van der Waals surface area contributed by atoms with Crippen LogP contribution in [0.4, 0.5) is 5.69 Å². The van der Waals surface area contributed by atoms with Gasteiger partial charge in [0.25, 0.3) is 5.91 Å². The number of benzene rings is 1. The SMILES string of the molecule is COc1cccc(N2CCN(C(=O)c3cc4sccc4n3C)CC2)c1. The maximum absolute atomic E-state index is 12.9. The number of anilines is 1. The van der Waals surface area contributed by atoms with E-state index in [0.29, 0.717) is 0 Å². The van der Waals surface area contributed by atoms with E-state index in [1.807, 2.05) is 40.8 Å². The van der Waals surface area contributed by atoms with Crippen LogP contribution in [0.3, 0.4) is 0 Å². The Morgan fingerprint density at radius 2 is 1.92 bits per heavy atom. The minimum Gasteiger partial charge on any atom is -0.497 e. The summed E-state index contributed by atoms with van der Waals surface area (Å²) >= 11 is 1.68. The van der Waals surface area contributed by atoms with Crippen LogP contribution in [0, 0.1) is 0 Å². The average molecular weight is 355 g/mol. The van der Waals surface area contributed by atoms with Gasteiger partial charge in [-0.05, 0) is 29.6 Å². The summed E-state index contributed by atoms with van der Waals surface area (Å²) in [4.78, 5) is 17.2. The van der Waals surface area contributed by atoms with E-state index >= 15 is 0 Å². The topological polar surface area (TPSA) is 37.7 Å². The highest BCUT2D eigenvalue weighted by Crippen LogP contribution is 2.26. The highest BCUT2D eigenvalue weighted by molar-refractivity contribution is 7.17. The fourth-order valence-electron chi connectivity index (χ4n) is 3.39. The van der Waals surface area contributed by atoms with Gasteiger partial charge in [-0.1, -0.05) is 6.07 Å². The molecule has 0 saturated carbocycles. The fraction of sp³-hybridized carbons (Fsp3) is 0.316. The van der Waals surface area contributed by atoms with Gasteiger partial charge in [0.05, 0.1) is 17.3 Å². The molecule has 0 aliphatic carbocycles. The van der Waals surface area contributed by atoms with Crippen LogP contribution in [0.25, 0.3) is 10.2 Å². The van der Waals surface area contributed by atoms with Gasteiger partial charge in [0, 0.05) is 45.0 Å². The molecular weight excluding hydrogens is 334 g/mol. The standard InChI is InChI=1S/C19H21N3O2S/c1-20-16-6-11-25-18(16)13-17(20)19(23)22-9-7-21(8-10-22)14-4-3-5-15(12-14)24-2/h3-6,11-13H,7-10H2,1-2H3. The van der Waals surface area contributed by atoms with Crippen molar-refractivity contribution in [2.75, 3.05) is 38.2 Å². The number of ether oxygens (including phenoxy) is 1. The van der Waals surface area contributed by atoms with Crippen LogP contribution in [-0.4, -0.2) is 48.7 Å². The van der Waals surface area contributed by atoms with Crippen molar-refractivity contribution in [3.8, 4) is 5.75 Å². The summed E-state index contributed by atoms with van der Waals surface area (Å²) in [6.45, 7) is 3.12. The molecule has 3 heterocycles. The number of piperazine rings is 1. The summed E-state index contributed by atoms with van der Waals surface area (Å²) in [7, 11) is 3.65. The van der Waals surface area contributed by atoms with Gasteiger partial charge >= 0.3 is 0 Å². The van der Waals surface area contributed by atoms with Gasteiger partial charge in [0.15, 0.2) is 0 Å². The number of rotatable bonds is 3. The van der Waals surface area contributed by atoms with Crippen LogP contribution in [0.1, 0.15) is 10.5 Å². The van der Waals surface area contributed by atoms with E-state index in [-0.39, 0.29) is 5.91 Å². The third-order valence-electron chi connectivity index (χ3n) is 4.87. The van der Waals surface area contributed by atoms with E-state index in [9.17, 15) is 4.79 Å². The number of hydrogen-bond donors (Lipinski definition) is 0. The monoisotopic (exact) mass is 355 g/mol. The van der Waals surface area contributed by atoms with Crippen LogP contribution >= 0.6 is 11.3 Å². The molecule has 130 valence electrons. The normalized spacial score (nSPS) is 15.0. The molecule has 1 amide bonds.